The van der Waals surface area contributed by atoms with E-state index in [0.29, 0.717) is 43.4 Å². The van der Waals surface area contributed by atoms with E-state index in [1.54, 1.807) is 30.3 Å². The first-order valence-corrected chi connectivity index (χ1v) is 10.1. The molecular formula is C23H22F6O3. The van der Waals surface area contributed by atoms with Gasteiger partial charge in [-0.25, -0.2) is 0 Å². The zero-order valence-corrected chi connectivity index (χ0v) is 16.9. The maximum atomic E-state index is 13.0. The highest BCUT2D eigenvalue weighted by molar-refractivity contribution is 5.76. The molecule has 0 radical (unpaired) electrons. The zero-order valence-electron chi connectivity index (χ0n) is 16.9. The number of ether oxygens (including phenoxy) is 1. The minimum atomic E-state index is -4.92. The number of carboxylic acid groups (broad SMARTS) is 1. The highest BCUT2D eigenvalue weighted by atomic mass is 19.4. The third-order valence-corrected chi connectivity index (χ3v) is 5.70. The predicted octanol–water partition coefficient (Wildman–Crippen LogP) is 6.67. The van der Waals surface area contributed by atoms with Crippen LogP contribution in [0.1, 0.15) is 53.9 Å². The minimum absolute atomic E-state index is 0.0808. The Hall–Kier alpha value is -2.55. The van der Waals surface area contributed by atoms with Gasteiger partial charge >= 0.3 is 18.3 Å². The maximum absolute atomic E-state index is 13.0. The summed E-state index contributed by atoms with van der Waals surface area (Å²) in [7, 11) is 0. The molecule has 1 saturated carbocycles. The standard InChI is InChI=1S/C23H22F6O3/c24-22(25,26)17-9-14(10-18(12-17)23(27,28)29)13-32-19-8-4-7-16(11-19)20(21(30)31)15-5-2-1-3-6-15/h1-3,5-6,9-10,12,16,19-20H,4,7-8,11,13H2,(H,30,31). The molecule has 0 saturated heterocycles. The molecule has 32 heavy (non-hydrogen) atoms. The van der Waals surface area contributed by atoms with Crippen molar-refractivity contribution in [3.05, 3.63) is 70.8 Å². The van der Waals surface area contributed by atoms with E-state index >= 15 is 0 Å². The first-order chi connectivity index (χ1) is 14.9. The lowest BCUT2D eigenvalue weighted by molar-refractivity contribution is -0.143. The van der Waals surface area contributed by atoms with Gasteiger partial charge in [-0.15, -0.1) is 0 Å². The van der Waals surface area contributed by atoms with Gasteiger partial charge in [0.25, 0.3) is 0 Å². The average Bonchev–Trinajstić information content (AvgIpc) is 2.72. The molecule has 2 aromatic carbocycles. The lowest BCUT2D eigenvalue weighted by atomic mass is 9.76. The summed E-state index contributed by atoms with van der Waals surface area (Å²) in [5.74, 6) is -1.98. The van der Waals surface area contributed by atoms with Crippen LogP contribution in [-0.2, 0) is 28.5 Å². The van der Waals surface area contributed by atoms with Gasteiger partial charge in [0, 0.05) is 0 Å². The van der Waals surface area contributed by atoms with E-state index in [4.69, 9.17) is 4.74 Å². The van der Waals surface area contributed by atoms with Gasteiger partial charge in [0.15, 0.2) is 0 Å². The quantitative estimate of drug-likeness (QED) is 0.490. The van der Waals surface area contributed by atoms with Gasteiger partial charge in [-0.1, -0.05) is 36.8 Å². The Morgan fingerprint density at radius 1 is 0.969 bits per heavy atom. The monoisotopic (exact) mass is 460 g/mol. The van der Waals surface area contributed by atoms with Crippen molar-refractivity contribution in [2.45, 2.75) is 56.7 Å². The van der Waals surface area contributed by atoms with Gasteiger partial charge in [-0.3, -0.25) is 4.79 Å². The molecule has 0 amide bonds. The first kappa shape index (κ1) is 24.1. The number of hydrogen-bond donors (Lipinski definition) is 1. The van der Waals surface area contributed by atoms with Gasteiger partial charge in [-0.05, 0) is 54.5 Å². The molecule has 1 aliphatic rings. The number of carboxylic acids is 1. The second-order valence-corrected chi connectivity index (χ2v) is 8.00. The number of carbonyl (C=O) groups is 1. The summed E-state index contributed by atoms with van der Waals surface area (Å²) in [6, 6.07) is 10.1. The van der Waals surface area contributed by atoms with Crippen LogP contribution in [0, 0.1) is 5.92 Å². The van der Waals surface area contributed by atoms with E-state index in [9.17, 15) is 36.2 Å². The second kappa shape index (κ2) is 9.52. The Morgan fingerprint density at radius 3 is 2.09 bits per heavy atom. The van der Waals surface area contributed by atoms with Crippen molar-refractivity contribution in [1.29, 1.82) is 0 Å². The molecule has 0 heterocycles. The largest absolute Gasteiger partial charge is 0.481 e. The normalized spacial score (nSPS) is 20.7. The molecule has 3 rings (SSSR count). The molecule has 0 aromatic heterocycles. The molecule has 1 fully saturated rings. The van der Waals surface area contributed by atoms with E-state index in [0.717, 1.165) is 0 Å². The minimum Gasteiger partial charge on any atom is -0.481 e. The van der Waals surface area contributed by atoms with Crippen molar-refractivity contribution in [2.75, 3.05) is 0 Å². The molecule has 9 heteroatoms. The molecule has 3 atom stereocenters. The average molecular weight is 460 g/mol. The van der Waals surface area contributed by atoms with Crippen LogP contribution < -0.4 is 0 Å². The second-order valence-electron chi connectivity index (χ2n) is 8.00. The van der Waals surface area contributed by atoms with Gasteiger partial charge in [0.2, 0.25) is 0 Å². The molecule has 3 nitrogen and oxygen atoms in total. The smallest absolute Gasteiger partial charge is 0.416 e. The van der Waals surface area contributed by atoms with Crippen LogP contribution in [0.5, 0.6) is 0 Å². The van der Waals surface area contributed by atoms with Gasteiger partial charge in [0.1, 0.15) is 0 Å². The third kappa shape index (κ3) is 6.03. The third-order valence-electron chi connectivity index (χ3n) is 5.70. The number of aliphatic carboxylic acids is 1. The van der Waals surface area contributed by atoms with E-state index in [1.807, 2.05) is 0 Å². The Morgan fingerprint density at radius 2 is 1.56 bits per heavy atom. The lowest BCUT2D eigenvalue weighted by Gasteiger charge is -2.33. The van der Waals surface area contributed by atoms with Crippen LogP contribution in [0.2, 0.25) is 0 Å². The summed E-state index contributed by atoms with van der Waals surface area (Å²) < 4.78 is 83.9. The predicted molar refractivity (Wildman–Crippen MR) is 104 cm³/mol. The molecule has 2 aromatic rings. The molecule has 0 spiro atoms. The first-order valence-electron chi connectivity index (χ1n) is 10.1. The van der Waals surface area contributed by atoms with Crippen LogP contribution in [0.15, 0.2) is 48.5 Å². The van der Waals surface area contributed by atoms with Crippen LogP contribution in [0.4, 0.5) is 26.3 Å². The summed E-state index contributed by atoms with van der Waals surface area (Å²) in [6.45, 7) is -0.423. The fraction of sp³-hybridized carbons (Fsp3) is 0.435. The molecule has 174 valence electrons. The number of rotatable bonds is 6. The fourth-order valence-corrected chi connectivity index (χ4v) is 4.23. The maximum Gasteiger partial charge on any atom is 0.416 e. The van der Waals surface area contributed by atoms with E-state index < -0.39 is 48.1 Å². The fourth-order valence-electron chi connectivity index (χ4n) is 4.23. The van der Waals surface area contributed by atoms with Crippen LogP contribution >= 0.6 is 0 Å². The molecule has 1 aliphatic carbocycles. The van der Waals surface area contributed by atoms with Crippen LogP contribution in [0.25, 0.3) is 0 Å². The summed E-state index contributed by atoms with van der Waals surface area (Å²) in [6.07, 6.45) is -8.08. The summed E-state index contributed by atoms with van der Waals surface area (Å²) in [4.78, 5) is 11.9. The van der Waals surface area contributed by atoms with E-state index in [1.165, 1.54) is 0 Å². The molecular weight excluding hydrogens is 438 g/mol. The number of benzene rings is 2. The summed E-state index contributed by atoms with van der Waals surface area (Å²) in [5, 5.41) is 9.73. The number of hydrogen-bond acceptors (Lipinski definition) is 2. The van der Waals surface area contributed by atoms with Crippen molar-refractivity contribution in [3.8, 4) is 0 Å². The Balaban J connectivity index is 1.74. The highest BCUT2D eigenvalue weighted by Crippen LogP contribution is 2.39. The van der Waals surface area contributed by atoms with Gasteiger partial charge < -0.3 is 9.84 Å². The zero-order chi connectivity index (χ0) is 23.5. The highest BCUT2D eigenvalue weighted by Gasteiger charge is 2.37. The number of halogens is 6. The van der Waals surface area contributed by atoms with Crippen molar-refractivity contribution < 1.29 is 41.0 Å². The van der Waals surface area contributed by atoms with Crippen molar-refractivity contribution in [1.82, 2.24) is 0 Å². The topological polar surface area (TPSA) is 46.5 Å². The van der Waals surface area contributed by atoms with Crippen LogP contribution in [0.3, 0.4) is 0 Å². The van der Waals surface area contributed by atoms with Crippen molar-refractivity contribution in [3.63, 3.8) is 0 Å². The lowest BCUT2D eigenvalue weighted by Crippen LogP contribution is -2.30. The Bertz CT molecular complexity index is 891. The van der Waals surface area contributed by atoms with Crippen molar-refractivity contribution >= 4 is 5.97 Å². The van der Waals surface area contributed by atoms with E-state index in [-0.39, 0.29) is 17.5 Å². The molecule has 0 aliphatic heterocycles. The summed E-state index contributed by atoms with van der Waals surface area (Å²) in [5.41, 5.74) is -2.35. The van der Waals surface area contributed by atoms with Crippen LogP contribution in [-0.4, -0.2) is 17.2 Å². The van der Waals surface area contributed by atoms with E-state index in [2.05, 4.69) is 0 Å². The Kier molecular flexibility index (Phi) is 7.17. The molecule has 0 bridgehead atoms. The summed E-state index contributed by atoms with van der Waals surface area (Å²) >= 11 is 0. The Labute approximate surface area is 181 Å². The SMILES string of the molecule is O=C(O)C(c1ccccc1)C1CCCC(OCc2cc(C(F)(F)F)cc(C(F)(F)F)c2)C1. The van der Waals surface area contributed by atoms with Crippen molar-refractivity contribution in [2.24, 2.45) is 5.92 Å². The molecule has 1 N–H and O–H groups in total. The van der Waals surface area contributed by atoms with Gasteiger partial charge in [-0.2, -0.15) is 26.3 Å². The van der Waals surface area contributed by atoms with Gasteiger partial charge in [0.05, 0.1) is 29.8 Å². The number of alkyl halides is 6. The molecule has 3 unspecified atom stereocenters.